The predicted molar refractivity (Wildman–Crippen MR) is 132 cm³/mol. The minimum absolute atomic E-state index is 0.162. The number of esters is 2. The van der Waals surface area contributed by atoms with Gasteiger partial charge in [0.25, 0.3) is 5.56 Å². The summed E-state index contributed by atoms with van der Waals surface area (Å²) in [6, 6.07) is 9.82. The van der Waals surface area contributed by atoms with Crippen LogP contribution in [0.15, 0.2) is 62.8 Å². The maximum Gasteiger partial charge on any atom is 0.338 e. The van der Waals surface area contributed by atoms with E-state index in [4.69, 9.17) is 9.47 Å². The molecule has 1 aliphatic heterocycles. The van der Waals surface area contributed by atoms with Gasteiger partial charge in [-0.2, -0.15) is 0 Å². The highest BCUT2D eigenvalue weighted by atomic mass is 32.1. The van der Waals surface area contributed by atoms with Crippen LogP contribution in [0.3, 0.4) is 0 Å². The minimum Gasteiger partial charge on any atom is -0.465 e. The molecule has 0 saturated carbocycles. The third-order valence-corrected chi connectivity index (χ3v) is 7.06. The average molecular weight is 497 g/mol. The molecule has 34 heavy (non-hydrogen) atoms. The number of hydrogen-bond donors (Lipinski definition) is 0. The number of fused-ring (bicyclic) bond motifs is 1. The van der Waals surface area contributed by atoms with Gasteiger partial charge in [-0.05, 0) is 48.1 Å². The highest BCUT2D eigenvalue weighted by Gasteiger charge is 2.33. The summed E-state index contributed by atoms with van der Waals surface area (Å²) in [5, 5.41) is 1.95. The Bertz CT molecular complexity index is 1430. The van der Waals surface area contributed by atoms with Crippen LogP contribution in [0.2, 0.25) is 0 Å². The quantitative estimate of drug-likeness (QED) is 0.489. The molecule has 3 aromatic rings. The average Bonchev–Trinajstić information content (AvgIpc) is 3.44. The molecule has 1 unspecified atom stereocenters. The van der Waals surface area contributed by atoms with Crippen molar-refractivity contribution in [2.24, 2.45) is 10.9 Å². The molecule has 1 aromatic carbocycles. The van der Waals surface area contributed by atoms with Crippen molar-refractivity contribution in [1.82, 2.24) is 4.57 Å². The van der Waals surface area contributed by atoms with E-state index in [2.05, 4.69) is 4.99 Å². The Hall–Kier alpha value is -3.30. The van der Waals surface area contributed by atoms with Crippen LogP contribution < -0.4 is 14.9 Å². The number of hydrogen-bond acceptors (Lipinski definition) is 8. The number of ether oxygens (including phenoxy) is 2. The van der Waals surface area contributed by atoms with E-state index in [1.807, 2.05) is 37.4 Å². The molecule has 0 saturated heterocycles. The molecule has 4 rings (SSSR count). The van der Waals surface area contributed by atoms with Crippen molar-refractivity contribution in [3.63, 3.8) is 0 Å². The van der Waals surface area contributed by atoms with Gasteiger partial charge >= 0.3 is 11.9 Å². The van der Waals surface area contributed by atoms with Gasteiger partial charge in [-0.1, -0.05) is 43.4 Å². The molecule has 0 spiro atoms. The third-order valence-electron chi connectivity index (χ3n) is 5.25. The number of nitrogens with zero attached hydrogens (tertiary/aromatic N) is 2. The number of rotatable bonds is 6. The normalized spacial score (nSPS) is 15.8. The molecule has 3 heterocycles. The Kier molecular flexibility index (Phi) is 6.95. The summed E-state index contributed by atoms with van der Waals surface area (Å²) in [7, 11) is 1.32. The summed E-state index contributed by atoms with van der Waals surface area (Å²) < 4.78 is 12.4. The van der Waals surface area contributed by atoms with Gasteiger partial charge in [0.15, 0.2) is 4.80 Å². The van der Waals surface area contributed by atoms with Crippen molar-refractivity contribution in [2.75, 3.05) is 13.7 Å². The second-order valence-electron chi connectivity index (χ2n) is 8.20. The fraction of sp³-hybridized carbons (Fsp3) is 0.280. The van der Waals surface area contributed by atoms with Crippen LogP contribution in [0.1, 0.15) is 47.6 Å². The number of carbonyl (C=O) groups excluding carboxylic acids is 2. The highest BCUT2D eigenvalue weighted by molar-refractivity contribution is 7.11. The number of thiophene rings is 1. The number of methoxy groups -OCH3 is 1. The number of aromatic nitrogens is 1. The summed E-state index contributed by atoms with van der Waals surface area (Å²) >= 11 is 2.82. The highest BCUT2D eigenvalue weighted by Crippen LogP contribution is 2.31. The summed E-state index contributed by atoms with van der Waals surface area (Å²) in [5.74, 6) is -0.811. The van der Waals surface area contributed by atoms with E-state index in [0.717, 1.165) is 4.88 Å². The van der Waals surface area contributed by atoms with Crippen LogP contribution in [0.5, 0.6) is 0 Å². The summed E-state index contributed by atoms with van der Waals surface area (Å²) in [4.78, 5) is 44.7. The molecule has 1 aliphatic rings. The smallest absolute Gasteiger partial charge is 0.338 e. The Balaban J connectivity index is 1.88. The summed E-state index contributed by atoms with van der Waals surface area (Å²) in [5.41, 5.74) is 1.62. The first-order valence-electron chi connectivity index (χ1n) is 10.7. The Morgan fingerprint density at radius 3 is 2.53 bits per heavy atom. The van der Waals surface area contributed by atoms with Crippen LogP contribution in [0.25, 0.3) is 6.08 Å². The number of allylic oxidation sites excluding steroid dienone is 1. The molecule has 9 heteroatoms. The largest absolute Gasteiger partial charge is 0.465 e. The lowest BCUT2D eigenvalue weighted by Gasteiger charge is -2.25. The van der Waals surface area contributed by atoms with Gasteiger partial charge in [0.2, 0.25) is 0 Å². The zero-order valence-corrected chi connectivity index (χ0v) is 20.9. The molecule has 7 nitrogen and oxygen atoms in total. The lowest BCUT2D eigenvalue weighted by Crippen LogP contribution is -2.40. The monoisotopic (exact) mass is 496 g/mol. The topological polar surface area (TPSA) is 87.0 Å². The third kappa shape index (κ3) is 4.67. The molecule has 176 valence electrons. The van der Waals surface area contributed by atoms with E-state index in [0.29, 0.717) is 31.7 Å². The van der Waals surface area contributed by atoms with Crippen LogP contribution in [0, 0.1) is 5.92 Å². The van der Waals surface area contributed by atoms with E-state index in [-0.39, 0.29) is 18.1 Å². The van der Waals surface area contributed by atoms with Gasteiger partial charge < -0.3 is 9.47 Å². The summed E-state index contributed by atoms with van der Waals surface area (Å²) in [6.45, 7) is 5.92. The van der Waals surface area contributed by atoms with Gasteiger partial charge in [-0.25, -0.2) is 14.6 Å². The number of benzene rings is 1. The lowest BCUT2D eigenvalue weighted by atomic mass is 9.95. The van der Waals surface area contributed by atoms with Crippen LogP contribution in [0.4, 0.5) is 0 Å². The van der Waals surface area contributed by atoms with Crippen molar-refractivity contribution in [1.29, 1.82) is 0 Å². The lowest BCUT2D eigenvalue weighted by molar-refractivity contribution is -0.140. The first-order valence-corrected chi connectivity index (χ1v) is 12.4. The molecule has 0 radical (unpaired) electrons. The Labute approximate surface area is 204 Å². The van der Waals surface area contributed by atoms with E-state index >= 15 is 0 Å². The predicted octanol–water partition coefficient (Wildman–Crippen LogP) is 3.28. The van der Waals surface area contributed by atoms with E-state index in [1.165, 1.54) is 34.4 Å². The van der Waals surface area contributed by atoms with E-state index in [9.17, 15) is 14.4 Å². The second-order valence-corrected chi connectivity index (χ2v) is 10.2. The SMILES string of the molecule is COC(=O)c1ccc(C2C(C(=O)OCC(C)C)=C(C)N=c3sc(=Cc4cccs4)c(=O)n32)cc1. The zero-order valence-electron chi connectivity index (χ0n) is 19.2. The van der Waals surface area contributed by atoms with Crippen molar-refractivity contribution in [3.05, 3.63) is 88.7 Å². The van der Waals surface area contributed by atoms with E-state index < -0.39 is 18.0 Å². The van der Waals surface area contributed by atoms with Gasteiger partial charge in [0.1, 0.15) is 0 Å². The second kappa shape index (κ2) is 9.90. The van der Waals surface area contributed by atoms with Crippen LogP contribution >= 0.6 is 22.7 Å². The van der Waals surface area contributed by atoms with Gasteiger partial charge in [0, 0.05) is 4.88 Å². The van der Waals surface area contributed by atoms with Crippen molar-refractivity contribution < 1.29 is 19.1 Å². The van der Waals surface area contributed by atoms with Gasteiger partial charge in [-0.3, -0.25) is 9.36 Å². The summed E-state index contributed by atoms with van der Waals surface area (Å²) in [6.07, 6.45) is 1.84. The molecule has 2 aromatic heterocycles. The standard InChI is InChI=1S/C25H24N2O5S2/c1-14(2)13-32-24(30)20-15(3)26-25-27(22(28)19(34-25)12-18-6-5-11-33-18)21(20)16-7-9-17(10-8-16)23(29)31-4/h5-12,14,21H,13H2,1-4H3. The number of carbonyl (C=O) groups is 2. The van der Waals surface area contributed by atoms with Crippen molar-refractivity contribution in [2.45, 2.75) is 26.8 Å². The molecular weight excluding hydrogens is 472 g/mol. The first kappa shape index (κ1) is 23.8. The number of thiazole rings is 1. The molecule has 0 amide bonds. The van der Waals surface area contributed by atoms with Crippen LogP contribution in [-0.2, 0) is 14.3 Å². The van der Waals surface area contributed by atoms with E-state index in [1.54, 1.807) is 31.2 Å². The van der Waals surface area contributed by atoms with Crippen molar-refractivity contribution >= 4 is 40.7 Å². The Morgan fingerprint density at radius 2 is 1.91 bits per heavy atom. The van der Waals surface area contributed by atoms with Gasteiger partial charge in [-0.15, -0.1) is 11.3 Å². The minimum atomic E-state index is -0.729. The fourth-order valence-electron chi connectivity index (χ4n) is 3.64. The van der Waals surface area contributed by atoms with Gasteiger partial charge in [0.05, 0.1) is 41.1 Å². The molecule has 0 fully saturated rings. The van der Waals surface area contributed by atoms with Crippen LogP contribution in [-0.4, -0.2) is 30.2 Å². The molecule has 0 aliphatic carbocycles. The molecule has 0 N–H and O–H groups in total. The maximum atomic E-state index is 13.5. The molecular formula is C25H24N2O5S2. The molecule has 1 atom stereocenters. The maximum absolute atomic E-state index is 13.5. The first-order chi connectivity index (χ1) is 16.3. The zero-order chi connectivity index (χ0) is 24.4. The fourth-order valence-corrected chi connectivity index (χ4v) is 5.41. The molecule has 0 bridgehead atoms. The Morgan fingerprint density at radius 1 is 1.18 bits per heavy atom. The van der Waals surface area contributed by atoms with Crippen molar-refractivity contribution in [3.8, 4) is 0 Å².